The van der Waals surface area contributed by atoms with Crippen LogP contribution in [0, 0.1) is 13.8 Å². The molecule has 9 nitrogen and oxygen atoms in total. The lowest BCUT2D eigenvalue weighted by Gasteiger charge is -2.33. The topological polar surface area (TPSA) is 103 Å². The van der Waals surface area contributed by atoms with Gasteiger partial charge in [0.2, 0.25) is 0 Å². The Labute approximate surface area is 248 Å². The van der Waals surface area contributed by atoms with Gasteiger partial charge in [0.05, 0.1) is 0 Å². The Morgan fingerprint density at radius 1 is 1.07 bits per heavy atom. The highest BCUT2D eigenvalue weighted by Gasteiger charge is 2.21. The molecule has 2 aliphatic heterocycles. The first-order valence-electron chi connectivity index (χ1n) is 15.2. The van der Waals surface area contributed by atoms with Crippen LogP contribution in [-0.4, -0.2) is 73.3 Å². The van der Waals surface area contributed by atoms with Gasteiger partial charge in [-0.3, -0.25) is 9.59 Å². The number of anilines is 2. The predicted octanol–water partition coefficient (Wildman–Crippen LogP) is 4.28. The van der Waals surface area contributed by atoms with Crippen molar-refractivity contribution < 1.29 is 9.53 Å². The second-order valence-electron chi connectivity index (χ2n) is 11.6. The SMILES string of the molecule is CCCc1cc(C)[nH]c(=O)c1CNC(=O)c1cc(-c2ccc(N3CCN(C)CC3)nc2)cc(NC2CCOCC2)c1C. The molecule has 3 N–H and O–H groups in total. The number of nitrogens with one attached hydrogen (secondary N) is 3. The number of H-pyrrole nitrogens is 1. The van der Waals surface area contributed by atoms with E-state index in [2.05, 4.69) is 57.6 Å². The number of hydrogen-bond acceptors (Lipinski definition) is 7. The number of ether oxygens (including phenoxy) is 1. The van der Waals surface area contributed by atoms with Gasteiger partial charge in [-0.25, -0.2) is 4.98 Å². The van der Waals surface area contributed by atoms with Crippen LogP contribution in [0.2, 0.25) is 0 Å². The van der Waals surface area contributed by atoms with Gasteiger partial charge < -0.3 is 30.2 Å². The Kier molecular flexibility index (Phi) is 9.59. The molecule has 0 unspecified atom stereocenters. The van der Waals surface area contributed by atoms with Gasteiger partial charge in [-0.15, -0.1) is 0 Å². The van der Waals surface area contributed by atoms with Crippen molar-refractivity contribution >= 4 is 17.4 Å². The minimum atomic E-state index is -0.200. The van der Waals surface area contributed by atoms with E-state index in [0.717, 1.165) is 105 Å². The maximum Gasteiger partial charge on any atom is 0.253 e. The smallest absolute Gasteiger partial charge is 0.253 e. The largest absolute Gasteiger partial charge is 0.382 e. The average molecular weight is 573 g/mol. The lowest BCUT2D eigenvalue weighted by Crippen LogP contribution is -2.44. The highest BCUT2D eigenvalue weighted by atomic mass is 16.5. The average Bonchev–Trinajstić information content (AvgIpc) is 2.99. The van der Waals surface area contributed by atoms with Gasteiger partial charge in [-0.1, -0.05) is 13.3 Å². The summed E-state index contributed by atoms with van der Waals surface area (Å²) in [6.45, 7) is 11.6. The molecule has 0 spiro atoms. The Hall–Kier alpha value is -3.69. The van der Waals surface area contributed by atoms with Crippen LogP contribution in [-0.2, 0) is 17.7 Å². The number of amides is 1. The van der Waals surface area contributed by atoms with Gasteiger partial charge in [0.15, 0.2) is 0 Å². The van der Waals surface area contributed by atoms with Crippen molar-refractivity contribution in [1.82, 2.24) is 20.2 Å². The van der Waals surface area contributed by atoms with E-state index in [-0.39, 0.29) is 24.1 Å². The summed E-state index contributed by atoms with van der Waals surface area (Å²) < 4.78 is 5.56. The van der Waals surface area contributed by atoms with Gasteiger partial charge in [0.1, 0.15) is 5.82 Å². The molecular formula is C33H44N6O3. The lowest BCUT2D eigenvalue weighted by atomic mass is 9.97. The number of rotatable bonds is 9. The maximum atomic E-state index is 13.7. The molecule has 1 aromatic carbocycles. The third-order valence-corrected chi connectivity index (χ3v) is 8.45. The van der Waals surface area contributed by atoms with Crippen molar-refractivity contribution in [2.75, 3.05) is 56.7 Å². The van der Waals surface area contributed by atoms with E-state index in [1.54, 1.807) is 0 Å². The monoisotopic (exact) mass is 572 g/mol. The summed E-state index contributed by atoms with van der Waals surface area (Å²) in [6, 6.07) is 10.5. The minimum absolute atomic E-state index is 0.141. The van der Waals surface area contributed by atoms with Crippen molar-refractivity contribution in [2.24, 2.45) is 0 Å². The number of benzene rings is 1. The molecular weight excluding hydrogens is 528 g/mol. The van der Waals surface area contributed by atoms with Gasteiger partial charge in [0.25, 0.3) is 11.5 Å². The zero-order chi connectivity index (χ0) is 29.6. The van der Waals surface area contributed by atoms with Crippen molar-refractivity contribution in [3.8, 4) is 11.1 Å². The van der Waals surface area contributed by atoms with Crippen LogP contribution < -0.4 is 21.1 Å². The molecule has 1 amide bonds. The highest BCUT2D eigenvalue weighted by Crippen LogP contribution is 2.31. The van der Waals surface area contributed by atoms with Crippen LogP contribution in [0.1, 0.15) is 58.9 Å². The molecule has 0 radical (unpaired) electrons. The molecule has 3 aromatic rings. The third-order valence-electron chi connectivity index (χ3n) is 8.45. The molecule has 0 bridgehead atoms. The number of hydrogen-bond donors (Lipinski definition) is 3. The molecule has 42 heavy (non-hydrogen) atoms. The quantitative estimate of drug-likeness (QED) is 0.352. The van der Waals surface area contributed by atoms with Crippen molar-refractivity contribution in [2.45, 2.75) is 59.0 Å². The Bertz CT molecular complexity index is 1440. The van der Waals surface area contributed by atoms with E-state index in [4.69, 9.17) is 9.72 Å². The van der Waals surface area contributed by atoms with E-state index in [0.29, 0.717) is 11.1 Å². The van der Waals surface area contributed by atoms with Crippen LogP contribution in [0.3, 0.4) is 0 Å². The van der Waals surface area contributed by atoms with Crippen molar-refractivity contribution in [3.63, 3.8) is 0 Å². The molecule has 5 rings (SSSR count). The summed E-state index contributed by atoms with van der Waals surface area (Å²) in [6.07, 6.45) is 5.46. The molecule has 2 saturated heterocycles. The molecule has 224 valence electrons. The number of aromatic amines is 1. The van der Waals surface area contributed by atoms with Gasteiger partial charge in [-0.05, 0) is 87.2 Å². The van der Waals surface area contributed by atoms with Crippen LogP contribution in [0.15, 0.2) is 41.3 Å². The number of carbonyl (C=O) groups is 1. The van der Waals surface area contributed by atoms with E-state index in [9.17, 15) is 9.59 Å². The first-order valence-corrected chi connectivity index (χ1v) is 15.2. The van der Waals surface area contributed by atoms with E-state index in [1.807, 2.05) is 32.2 Å². The highest BCUT2D eigenvalue weighted by molar-refractivity contribution is 5.98. The summed E-state index contributed by atoms with van der Waals surface area (Å²) in [5.41, 5.74) is 6.59. The first kappa shape index (κ1) is 29.8. The zero-order valence-electron chi connectivity index (χ0n) is 25.4. The molecule has 0 saturated carbocycles. The van der Waals surface area contributed by atoms with Crippen LogP contribution in [0.25, 0.3) is 11.1 Å². The van der Waals surface area contributed by atoms with Crippen LogP contribution in [0.5, 0.6) is 0 Å². The van der Waals surface area contributed by atoms with E-state index in [1.165, 1.54) is 0 Å². The number of likely N-dealkylation sites (N-methyl/N-ethyl adjacent to an activating group) is 1. The van der Waals surface area contributed by atoms with Crippen molar-refractivity contribution in [1.29, 1.82) is 0 Å². The fraction of sp³-hybridized carbons (Fsp3) is 0.485. The van der Waals surface area contributed by atoms with Gasteiger partial charge in [0, 0.05) is 86.2 Å². The molecule has 0 aliphatic carbocycles. The second-order valence-corrected chi connectivity index (χ2v) is 11.6. The second kappa shape index (κ2) is 13.5. The number of piperazine rings is 1. The summed E-state index contributed by atoms with van der Waals surface area (Å²) in [5.74, 6) is 0.775. The molecule has 2 aromatic heterocycles. The molecule has 9 heteroatoms. The number of pyridine rings is 2. The Balaban J connectivity index is 1.43. The zero-order valence-corrected chi connectivity index (χ0v) is 25.4. The maximum absolute atomic E-state index is 13.7. The van der Waals surface area contributed by atoms with Crippen LogP contribution >= 0.6 is 0 Å². The Morgan fingerprint density at radius 3 is 2.52 bits per heavy atom. The molecule has 2 fully saturated rings. The standard InChI is InChI=1S/C33H44N6O3/c1-5-6-24-17-22(2)36-33(41)29(24)21-35-32(40)28-18-26(19-30(23(28)3)37-27-9-15-42-16-10-27)25-7-8-31(34-20-25)39-13-11-38(4)12-14-39/h7-8,17-20,27,37H,5-6,9-16,21H2,1-4H3,(H,35,40)(H,36,41). The molecule has 0 atom stereocenters. The third kappa shape index (κ3) is 7.02. The summed E-state index contributed by atoms with van der Waals surface area (Å²) in [5, 5.41) is 6.74. The predicted molar refractivity (Wildman–Crippen MR) is 169 cm³/mol. The van der Waals surface area contributed by atoms with E-state index >= 15 is 0 Å². The molecule has 4 heterocycles. The summed E-state index contributed by atoms with van der Waals surface area (Å²) in [4.78, 5) is 38.8. The normalized spacial score (nSPS) is 16.4. The fourth-order valence-corrected chi connectivity index (χ4v) is 5.84. The number of nitrogens with zero attached hydrogens (tertiary/aromatic N) is 3. The fourth-order valence-electron chi connectivity index (χ4n) is 5.84. The minimum Gasteiger partial charge on any atom is -0.382 e. The summed E-state index contributed by atoms with van der Waals surface area (Å²) >= 11 is 0. The van der Waals surface area contributed by atoms with Gasteiger partial charge >= 0.3 is 0 Å². The number of carbonyl (C=O) groups excluding carboxylic acids is 1. The van der Waals surface area contributed by atoms with E-state index < -0.39 is 0 Å². The first-order chi connectivity index (χ1) is 20.3. The van der Waals surface area contributed by atoms with Gasteiger partial charge in [-0.2, -0.15) is 0 Å². The van der Waals surface area contributed by atoms with Crippen molar-refractivity contribution in [3.05, 3.63) is 74.8 Å². The lowest BCUT2D eigenvalue weighted by molar-refractivity contribution is 0.0903. The number of aryl methyl sites for hydroxylation is 2. The Morgan fingerprint density at radius 2 is 1.83 bits per heavy atom. The summed E-state index contributed by atoms with van der Waals surface area (Å²) in [7, 11) is 2.15. The number of aromatic nitrogens is 2. The van der Waals surface area contributed by atoms with Crippen LogP contribution in [0.4, 0.5) is 11.5 Å². The molecule has 2 aliphatic rings.